The van der Waals surface area contributed by atoms with E-state index in [9.17, 15) is 4.79 Å². The summed E-state index contributed by atoms with van der Waals surface area (Å²) in [6, 6.07) is 0. The smallest absolute Gasteiger partial charge is 0.165 e. The third kappa shape index (κ3) is 1.40. The molecule has 2 nitrogen and oxygen atoms in total. The van der Waals surface area contributed by atoms with E-state index in [2.05, 4.69) is 18.2 Å². The fourth-order valence-corrected chi connectivity index (χ4v) is 3.36. The van der Waals surface area contributed by atoms with E-state index in [1.165, 1.54) is 6.42 Å². The van der Waals surface area contributed by atoms with Gasteiger partial charge < -0.3 is 4.74 Å². The van der Waals surface area contributed by atoms with Crippen LogP contribution in [0.25, 0.3) is 0 Å². The van der Waals surface area contributed by atoms with E-state index in [1.807, 2.05) is 13.8 Å². The number of ketones is 1. The Hall–Kier alpha value is -0.890. The molecule has 2 bridgehead atoms. The van der Waals surface area contributed by atoms with Gasteiger partial charge in [0.1, 0.15) is 0 Å². The number of Topliss-reactive ketones (excluding diaryl/α,β-unsaturated/α-hetero) is 1. The molecule has 0 radical (unpaired) electrons. The quantitative estimate of drug-likeness (QED) is 0.680. The number of hydrogen-bond acceptors (Lipinski definition) is 2. The van der Waals surface area contributed by atoms with Gasteiger partial charge in [0.25, 0.3) is 0 Å². The maximum atomic E-state index is 12.2. The van der Waals surface area contributed by atoms with Crippen LogP contribution in [0.1, 0.15) is 20.3 Å². The Bertz CT molecular complexity index is 378. The van der Waals surface area contributed by atoms with E-state index < -0.39 is 0 Å². The normalized spacial score (nSPS) is 39.7. The fourth-order valence-electron chi connectivity index (χ4n) is 3.36. The molecular formula is C14H18O2. The van der Waals surface area contributed by atoms with Gasteiger partial charge in [0.05, 0.1) is 12.7 Å². The Balaban J connectivity index is 1.75. The van der Waals surface area contributed by atoms with Crippen molar-refractivity contribution in [3.8, 4) is 0 Å². The molecule has 86 valence electrons. The minimum atomic E-state index is 0.198. The van der Waals surface area contributed by atoms with E-state index in [4.69, 9.17) is 4.74 Å². The summed E-state index contributed by atoms with van der Waals surface area (Å²) in [6.45, 7) is 4.51. The molecule has 3 rings (SSSR count). The molecule has 1 saturated carbocycles. The maximum Gasteiger partial charge on any atom is 0.165 e. The number of allylic oxidation sites excluding steroid dienone is 3. The van der Waals surface area contributed by atoms with Crippen LogP contribution in [0.5, 0.6) is 0 Å². The zero-order chi connectivity index (χ0) is 11.3. The average Bonchev–Trinajstić information content (AvgIpc) is 2.88. The molecule has 0 aromatic rings. The molecule has 0 heterocycles. The summed E-state index contributed by atoms with van der Waals surface area (Å²) in [5.41, 5.74) is 0.919. The van der Waals surface area contributed by atoms with E-state index >= 15 is 0 Å². The summed E-state index contributed by atoms with van der Waals surface area (Å²) < 4.78 is 5.54. The lowest BCUT2D eigenvalue weighted by Crippen LogP contribution is -2.22. The number of carbonyl (C=O) groups excluding carboxylic acids is 1. The summed E-state index contributed by atoms with van der Waals surface area (Å²) in [4.78, 5) is 12.2. The van der Waals surface area contributed by atoms with Crippen LogP contribution in [0.3, 0.4) is 0 Å². The second-order valence-electron chi connectivity index (χ2n) is 5.47. The SMILES string of the molecule is CC(C)OCC1=C[C@@H]2[C@H](C1=O)[C@H]1C=C[C@@H]2C1. The standard InChI is InChI=1S/C14H18O2/c1-8(2)16-7-11-6-12-9-3-4-10(5-9)13(12)14(11)15/h3-4,6,8-10,12-13H,5,7H2,1-2H3/t9-,10+,12+,13-/m1/s1. The highest BCUT2D eigenvalue weighted by atomic mass is 16.5. The first kappa shape index (κ1) is 10.3. The lowest BCUT2D eigenvalue weighted by Gasteiger charge is -2.18. The molecule has 0 saturated heterocycles. The second kappa shape index (κ2) is 3.56. The van der Waals surface area contributed by atoms with Crippen LogP contribution in [0.4, 0.5) is 0 Å². The van der Waals surface area contributed by atoms with Crippen molar-refractivity contribution in [1.82, 2.24) is 0 Å². The van der Waals surface area contributed by atoms with Gasteiger partial charge in [-0.15, -0.1) is 0 Å². The van der Waals surface area contributed by atoms with Gasteiger partial charge in [-0.1, -0.05) is 18.2 Å². The Morgan fingerprint density at radius 1 is 1.38 bits per heavy atom. The minimum Gasteiger partial charge on any atom is -0.374 e. The van der Waals surface area contributed by atoms with E-state index in [-0.39, 0.29) is 12.0 Å². The zero-order valence-corrected chi connectivity index (χ0v) is 9.85. The first-order valence-electron chi connectivity index (χ1n) is 6.21. The molecule has 2 heteroatoms. The van der Waals surface area contributed by atoms with Crippen LogP contribution in [0.15, 0.2) is 23.8 Å². The van der Waals surface area contributed by atoms with Gasteiger partial charge in [0, 0.05) is 11.5 Å². The van der Waals surface area contributed by atoms with Crippen molar-refractivity contribution in [2.45, 2.75) is 26.4 Å². The number of fused-ring (bicyclic) bond motifs is 5. The van der Waals surface area contributed by atoms with Crippen LogP contribution in [0.2, 0.25) is 0 Å². The summed E-state index contributed by atoms with van der Waals surface area (Å²) in [5, 5.41) is 0. The molecule has 0 spiro atoms. The fraction of sp³-hybridized carbons (Fsp3) is 0.643. The molecule has 0 unspecified atom stereocenters. The van der Waals surface area contributed by atoms with Crippen LogP contribution in [-0.2, 0) is 9.53 Å². The van der Waals surface area contributed by atoms with E-state index in [0.717, 1.165) is 5.57 Å². The lowest BCUT2D eigenvalue weighted by molar-refractivity contribution is -0.120. The molecule has 0 N–H and O–H groups in total. The van der Waals surface area contributed by atoms with Gasteiger partial charge in [-0.2, -0.15) is 0 Å². The van der Waals surface area contributed by atoms with Crippen molar-refractivity contribution in [3.63, 3.8) is 0 Å². The largest absolute Gasteiger partial charge is 0.374 e. The van der Waals surface area contributed by atoms with Gasteiger partial charge in [-0.05, 0) is 38.0 Å². The highest BCUT2D eigenvalue weighted by Gasteiger charge is 2.50. The first-order chi connectivity index (χ1) is 7.66. The minimum absolute atomic E-state index is 0.198. The number of ether oxygens (including phenoxy) is 1. The van der Waals surface area contributed by atoms with Crippen molar-refractivity contribution < 1.29 is 9.53 Å². The molecule has 3 aliphatic carbocycles. The molecule has 0 aliphatic heterocycles. The monoisotopic (exact) mass is 218 g/mol. The molecule has 1 fully saturated rings. The van der Waals surface area contributed by atoms with Crippen LogP contribution < -0.4 is 0 Å². The molecule has 0 aromatic heterocycles. The number of rotatable bonds is 3. The summed E-state index contributed by atoms with van der Waals surface area (Å²) >= 11 is 0. The molecule has 0 aromatic carbocycles. The van der Waals surface area contributed by atoms with Crippen molar-refractivity contribution in [2.75, 3.05) is 6.61 Å². The van der Waals surface area contributed by atoms with Crippen LogP contribution in [0, 0.1) is 23.7 Å². The molecule has 16 heavy (non-hydrogen) atoms. The second-order valence-corrected chi connectivity index (χ2v) is 5.47. The number of carbonyl (C=O) groups is 1. The van der Waals surface area contributed by atoms with Gasteiger partial charge in [0.15, 0.2) is 5.78 Å². The Morgan fingerprint density at radius 2 is 2.12 bits per heavy atom. The zero-order valence-electron chi connectivity index (χ0n) is 9.85. The molecule has 3 aliphatic rings. The third-order valence-electron chi connectivity index (χ3n) is 4.11. The summed E-state index contributed by atoms with van der Waals surface area (Å²) in [6.07, 6.45) is 8.11. The van der Waals surface area contributed by atoms with Crippen molar-refractivity contribution in [3.05, 3.63) is 23.8 Å². The van der Waals surface area contributed by atoms with Crippen LogP contribution in [-0.4, -0.2) is 18.5 Å². The maximum absolute atomic E-state index is 12.2. The average molecular weight is 218 g/mol. The van der Waals surface area contributed by atoms with Crippen molar-refractivity contribution >= 4 is 5.78 Å². The van der Waals surface area contributed by atoms with E-state index in [0.29, 0.717) is 30.1 Å². The third-order valence-corrected chi connectivity index (χ3v) is 4.11. The summed E-state index contributed by atoms with van der Waals surface area (Å²) in [7, 11) is 0. The predicted octanol–water partition coefficient (Wildman–Crippen LogP) is 2.36. The lowest BCUT2D eigenvalue weighted by atomic mass is 9.85. The van der Waals surface area contributed by atoms with Crippen LogP contribution >= 0.6 is 0 Å². The topological polar surface area (TPSA) is 26.3 Å². The van der Waals surface area contributed by atoms with Crippen molar-refractivity contribution in [1.29, 1.82) is 0 Å². The Morgan fingerprint density at radius 3 is 2.81 bits per heavy atom. The molecule has 0 amide bonds. The highest BCUT2D eigenvalue weighted by Crippen LogP contribution is 2.52. The van der Waals surface area contributed by atoms with Gasteiger partial charge in [0.2, 0.25) is 0 Å². The number of hydrogen-bond donors (Lipinski definition) is 0. The highest BCUT2D eigenvalue weighted by molar-refractivity contribution is 6.01. The predicted molar refractivity (Wildman–Crippen MR) is 61.9 cm³/mol. The van der Waals surface area contributed by atoms with Crippen molar-refractivity contribution in [2.24, 2.45) is 23.7 Å². The van der Waals surface area contributed by atoms with Gasteiger partial charge >= 0.3 is 0 Å². The van der Waals surface area contributed by atoms with E-state index in [1.54, 1.807) is 0 Å². The summed E-state index contributed by atoms with van der Waals surface area (Å²) in [5.74, 6) is 2.21. The Labute approximate surface area is 96.4 Å². The van der Waals surface area contributed by atoms with Gasteiger partial charge in [-0.25, -0.2) is 0 Å². The first-order valence-corrected chi connectivity index (χ1v) is 6.21. The Kier molecular flexibility index (Phi) is 2.28. The van der Waals surface area contributed by atoms with Gasteiger partial charge in [-0.3, -0.25) is 4.79 Å². The molecular weight excluding hydrogens is 200 g/mol. The molecule has 4 atom stereocenters.